The van der Waals surface area contributed by atoms with Gasteiger partial charge in [0, 0.05) is 36.4 Å². The van der Waals surface area contributed by atoms with Gasteiger partial charge in [-0.1, -0.05) is 23.2 Å². The number of aromatic amines is 1. The van der Waals surface area contributed by atoms with E-state index in [1.165, 1.54) is 18.2 Å². The van der Waals surface area contributed by atoms with Crippen molar-refractivity contribution in [2.45, 2.75) is 12.5 Å². The van der Waals surface area contributed by atoms with Gasteiger partial charge in [0.2, 0.25) is 5.56 Å². The molecule has 6 nitrogen and oxygen atoms in total. The molecule has 2 aromatic rings. The van der Waals surface area contributed by atoms with Crippen LogP contribution in [0.2, 0.25) is 10.0 Å². The Kier molecular flexibility index (Phi) is 4.69. The van der Waals surface area contributed by atoms with E-state index in [1.807, 2.05) is 0 Å². The summed E-state index contributed by atoms with van der Waals surface area (Å²) in [5.41, 5.74) is 0.783. The molecular weight excluding hydrogens is 353 g/mol. The van der Waals surface area contributed by atoms with Gasteiger partial charge in [0.15, 0.2) is 0 Å². The van der Waals surface area contributed by atoms with Crippen molar-refractivity contribution in [2.24, 2.45) is 0 Å². The molecule has 1 amide bonds. The van der Waals surface area contributed by atoms with Crippen LogP contribution in [0.5, 0.6) is 5.75 Å². The molecule has 24 heavy (non-hydrogen) atoms. The minimum absolute atomic E-state index is 0.0361. The number of aromatic hydroxyl groups is 1. The van der Waals surface area contributed by atoms with Crippen LogP contribution in [-0.4, -0.2) is 35.1 Å². The summed E-state index contributed by atoms with van der Waals surface area (Å²) in [4.78, 5) is 28.2. The van der Waals surface area contributed by atoms with Gasteiger partial charge in [0.1, 0.15) is 5.75 Å². The number of nitrogens with one attached hydrogen (secondary N) is 2. The molecule has 3 rings (SSSR count). The molecule has 1 atom stereocenters. The monoisotopic (exact) mass is 367 g/mol. The van der Waals surface area contributed by atoms with E-state index in [-0.39, 0.29) is 33.0 Å². The van der Waals surface area contributed by atoms with E-state index in [2.05, 4.69) is 15.2 Å². The number of benzene rings is 1. The number of halogens is 2. The van der Waals surface area contributed by atoms with Crippen LogP contribution in [0.25, 0.3) is 0 Å². The Morgan fingerprint density at radius 1 is 1.33 bits per heavy atom. The lowest BCUT2D eigenvalue weighted by Crippen LogP contribution is -2.37. The van der Waals surface area contributed by atoms with Crippen molar-refractivity contribution in [1.82, 2.24) is 10.3 Å². The normalized spacial score (nSPS) is 17.1. The fraction of sp³-hybridized carbons (Fsp3) is 0.250. The fourth-order valence-corrected chi connectivity index (χ4v) is 3.21. The number of phenolic OH excluding ortho intramolecular Hbond substituents is 1. The topological polar surface area (TPSA) is 85.4 Å². The molecule has 2 heterocycles. The summed E-state index contributed by atoms with van der Waals surface area (Å²) in [6.07, 6.45) is 2.40. The number of hydrogen-bond donors (Lipinski definition) is 3. The largest absolute Gasteiger partial charge is 0.506 e. The zero-order valence-corrected chi connectivity index (χ0v) is 14.1. The first-order valence-corrected chi connectivity index (χ1v) is 8.12. The van der Waals surface area contributed by atoms with Gasteiger partial charge in [-0.05, 0) is 24.6 Å². The SMILES string of the molecule is O=C(N[C@H]1CCN(c2ccc(=O)[nH]c2)C1)c1cc(Cl)cc(Cl)c1O. The third-order valence-corrected chi connectivity index (χ3v) is 4.44. The van der Waals surface area contributed by atoms with Crippen molar-refractivity contribution in [2.75, 3.05) is 18.0 Å². The second-order valence-electron chi connectivity index (χ2n) is 5.60. The summed E-state index contributed by atoms with van der Waals surface area (Å²) in [5, 5.41) is 13.1. The highest BCUT2D eigenvalue weighted by Gasteiger charge is 2.26. The van der Waals surface area contributed by atoms with Crippen LogP contribution in [-0.2, 0) is 0 Å². The zero-order chi connectivity index (χ0) is 17.3. The molecular formula is C16H15Cl2N3O3. The average Bonchev–Trinajstić information content (AvgIpc) is 3.00. The van der Waals surface area contributed by atoms with E-state index in [0.717, 1.165) is 18.7 Å². The number of carbonyl (C=O) groups is 1. The summed E-state index contributed by atoms with van der Waals surface area (Å²) >= 11 is 11.7. The standard InChI is InChI=1S/C16H15Cl2N3O3/c17-9-5-12(15(23)13(18)6-9)16(24)20-10-3-4-21(8-10)11-1-2-14(22)19-7-11/h1-2,5-7,10,23H,3-4,8H2,(H,19,22)(H,20,24)/t10-/m0/s1. The van der Waals surface area contributed by atoms with E-state index in [4.69, 9.17) is 23.2 Å². The highest BCUT2D eigenvalue weighted by Crippen LogP contribution is 2.31. The number of H-pyrrole nitrogens is 1. The smallest absolute Gasteiger partial charge is 0.255 e. The van der Waals surface area contributed by atoms with Gasteiger partial charge in [-0.15, -0.1) is 0 Å². The van der Waals surface area contributed by atoms with Crippen LogP contribution >= 0.6 is 23.2 Å². The molecule has 1 aliphatic heterocycles. The molecule has 0 aliphatic carbocycles. The number of phenols is 1. The van der Waals surface area contributed by atoms with Crippen LogP contribution in [0.4, 0.5) is 5.69 Å². The number of amides is 1. The number of carbonyl (C=O) groups excluding carboxylic acids is 1. The Hall–Kier alpha value is -2.18. The van der Waals surface area contributed by atoms with Gasteiger partial charge < -0.3 is 20.3 Å². The van der Waals surface area contributed by atoms with Gasteiger partial charge in [-0.25, -0.2) is 0 Å². The van der Waals surface area contributed by atoms with Crippen molar-refractivity contribution in [3.05, 3.63) is 56.4 Å². The second-order valence-corrected chi connectivity index (χ2v) is 6.44. The van der Waals surface area contributed by atoms with E-state index < -0.39 is 5.91 Å². The summed E-state index contributed by atoms with van der Waals surface area (Å²) in [6, 6.07) is 5.88. The molecule has 0 spiro atoms. The minimum Gasteiger partial charge on any atom is -0.506 e. The maximum absolute atomic E-state index is 12.4. The Morgan fingerprint density at radius 3 is 2.83 bits per heavy atom. The predicted octanol–water partition coefficient (Wildman–Crippen LogP) is 2.40. The molecule has 0 saturated carbocycles. The van der Waals surface area contributed by atoms with E-state index in [9.17, 15) is 14.7 Å². The Balaban J connectivity index is 1.68. The van der Waals surface area contributed by atoms with Crippen molar-refractivity contribution in [3.63, 3.8) is 0 Å². The summed E-state index contributed by atoms with van der Waals surface area (Å²) < 4.78 is 0. The molecule has 0 radical (unpaired) electrons. The van der Waals surface area contributed by atoms with Crippen molar-refractivity contribution in [3.8, 4) is 5.75 Å². The first-order chi connectivity index (χ1) is 11.4. The van der Waals surface area contributed by atoms with Crippen LogP contribution in [0.1, 0.15) is 16.8 Å². The highest BCUT2D eigenvalue weighted by atomic mass is 35.5. The number of hydrogen-bond acceptors (Lipinski definition) is 4. The molecule has 1 aliphatic rings. The van der Waals surface area contributed by atoms with Gasteiger partial charge in [-0.3, -0.25) is 9.59 Å². The van der Waals surface area contributed by atoms with Gasteiger partial charge in [-0.2, -0.15) is 0 Å². The van der Waals surface area contributed by atoms with E-state index in [0.29, 0.717) is 6.54 Å². The quantitative estimate of drug-likeness (QED) is 0.777. The number of anilines is 1. The molecule has 1 saturated heterocycles. The summed E-state index contributed by atoms with van der Waals surface area (Å²) in [5.74, 6) is -0.709. The number of pyridine rings is 1. The first kappa shape index (κ1) is 16.7. The third-order valence-electron chi connectivity index (χ3n) is 3.93. The Morgan fingerprint density at radius 2 is 2.12 bits per heavy atom. The van der Waals surface area contributed by atoms with Crippen molar-refractivity contribution < 1.29 is 9.90 Å². The van der Waals surface area contributed by atoms with Gasteiger partial charge in [0.25, 0.3) is 5.91 Å². The first-order valence-electron chi connectivity index (χ1n) is 7.36. The van der Waals surface area contributed by atoms with Gasteiger partial charge >= 0.3 is 0 Å². The number of nitrogens with zero attached hydrogens (tertiary/aromatic N) is 1. The van der Waals surface area contributed by atoms with Crippen LogP contribution in [0.15, 0.2) is 35.3 Å². The molecule has 1 fully saturated rings. The third kappa shape index (κ3) is 3.49. The molecule has 1 aromatic carbocycles. The Bertz CT molecular complexity index is 817. The predicted molar refractivity (Wildman–Crippen MR) is 93.3 cm³/mol. The van der Waals surface area contributed by atoms with Gasteiger partial charge in [0.05, 0.1) is 16.3 Å². The second kappa shape index (κ2) is 6.75. The summed E-state index contributed by atoms with van der Waals surface area (Å²) in [6.45, 7) is 1.35. The van der Waals surface area contributed by atoms with E-state index >= 15 is 0 Å². The number of aromatic nitrogens is 1. The highest BCUT2D eigenvalue weighted by molar-refractivity contribution is 6.36. The number of rotatable bonds is 3. The molecule has 1 aromatic heterocycles. The summed E-state index contributed by atoms with van der Waals surface area (Å²) in [7, 11) is 0. The van der Waals surface area contributed by atoms with Crippen molar-refractivity contribution >= 4 is 34.8 Å². The van der Waals surface area contributed by atoms with Crippen LogP contribution < -0.4 is 15.8 Å². The van der Waals surface area contributed by atoms with Crippen LogP contribution in [0, 0.1) is 0 Å². The molecule has 3 N–H and O–H groups in total. The molecule has 0 unspecified atom stereocenters. The maximum atomic E-state index is 12.4. The average molecular weight is 368 g/mol. The molecule has 8 heteroatoms. The minimum atomic E-state index is -0.426. The lowest BCUT2D eigenvalue weighted by molar-refractivity contribution is 0.0937. The maximum Gasteiger partial charge on any atom is 0.255 e. The lowest BCUT2D eigenvalue weighted by atomic mass is 10.1. The lowest BCUT2D eigenvalue weighted by Gasteiger charge is -2.19. The molecule has 0 bridgehead atoms. The molecule has 126 valence electrons. The zero-order valence-electron chi connectivity index (χ0n) is 12.6. The Labute approximate surface area is 148 Å². The van der Waals surface area contributed by atoms with E-state index in [1.54, 1.807) is 12.3 Å². The van der Waals surface area contributed by atoms with Crippen LogP contribution in [0.3, 0.4) is 0 Å². The fourth-order valence-electron chi connectivity index (χ4n) is 2.71. The van der Waals surface area contributed by atoms with Crippen molar-refractivity contribution in [1.29, 1.82) is 0 Å².